The molecule has 0 saturated heterocycles. The van der Waals surface area contributed by atoms with Crippen LogP contribution in [0.3, 0.4) is 0 Å². The number of carboxylic acids is 1. The standard InChI is InChI=1S/C13H12N2O4/c16-13(17)10-7-15(8-14-10)9-2-3-11-12(6-9)19-5-1-4-18-11/h2-3,6-8H,1,4-5H2,(H,16,17). The monoisotopic (exact) mass is 260 g/mol. The molecule has 0 atom stereocenters. The molecule has 98 valence electrons. The van der Waals surface area contributed by atoms with Gasteiger partial charge in [-0.25, -0.2) is 9.78 Å². The summed E-state index contributed by atoms with van der Waals surface area (Å²) in [4.78, 5) is 14.6. The molecule has 2 heterocycles. The number of fused-ring (bicyclic) bond motifs is 1. The molecule has 0 aliphatic carbocycles. The maximum absolute atomic E-state index is 10.8. The number of carbonyl (C=O) groups is 1. The smallest absolute Gasteiger partial charge is 0.356 e. The van der Waals surface area contributed by atoms with Crippen molar-refractivity contribution in [3.63, 3.8) is 0 Å². The number of nitrogens with zero attached hydrogens (tertiary/aromatic N) is 2. The topological polar surface area (TPSA) is 73.6 Å². The number of hydrogen-bond donors (Lipinski definition) is 1. The molecular weight excluding hydrogens is 248 g/mol. The van der Waals surface area contributed by atoms with Gasteiger partial charge in [-0.2, -0.15) is 0 Å². The Morgan fingerprint density at radius 1 is 1.26 bits per heavy atom. The normalized spacial score (nSPS) is 13.9. The fourth-order valence-electron chi connectivity index (χ4n) is 1.89. The minimum Gasteiger partial charge on any atom is -0.490 e. The van der Waals surface area contributed by atoms with Crippen LogP contribution in [-0.2, 0) is 0 Å². The maximum Gasteiger partial charge on any atom is 0.356 e. The van der Waals surface area contributed by atoms with Crippen LogP contribution in [0.1, 0.15) is 16.9 Å². The molecule has 3 rings (SSSR count). The lowest BCUT2D eigenvalue weighted by Crippen LogP contribution is -1.97. The zero-order valence-corrected chi connectivity index (χ0v) is 10.1. The molecule has 1 N–H and O–H groups in total. The van der Waals surface area contributed by atoms with Crippen molar-refractivity contribution < 1.29 is 19.4 Å². The van der Waals surface area contributed by atoms with Gasteiger partial charge in [0.2, 0.25) is 0 Å². The zero-order chi connectivity index (χ0) is 13.2. The van der Waals surface area contributed by atoms with Gasteiger partial charge in [0.25, 0.3) is 0 Å². The van der Waals surface area contributed by atoms with E-state index in [9.17, 15) is 4.79 Å². The highest BCUT2D eigenvalue weighted by molar-refractivity contribution is 5.85. The van der Waals surface area contributed by atoms with Gasteiger partial charge in [0, 0.05) is 18.7 Å². The molecule has 0 unspecified atom stereocenters. The van der Waals surface area contributed by atoms with E-state index in [1.54, 1.807) is 4.57 Å². The van der Waals surface area contributed by atoms with E-state index in [2.05, 4.69) is 4.98 Å². The first-order valence-electron chi connectivity index (χ1n) is 5.91. The maximum atomic E-state index is 10.8. The molecule has 6 heteroatoms. The Labute approximate surface area is 109 Å². The number of hydrogen-bond acceptors (Lipinski definition) is 4. The van der Waals surface area contributed by atoms with Crippen molar-refractivity contribution in [2.45, 2.75) is 6.42 Å². The molecule has 1 aliphatic rings. The number of carboxylic acid groups (broad SMARTS) is 1. The van der Waals surface area contributed by atoms with Gasteiger partial charge < -0.3 is 19.1 Å². The molecule has 0 saturated carbocycles. The van der Waals surface area contributed by atoms with E-state index >= 15 is 0 Å². The molecule has 0 radical (unpaired) electrons. The summed E-state index contributed by atoms with van der Waals surface area (Å²) in [6.45, 7) is 1.25. The molecule has 0 fully saturated rings. The van der Waals surface area contributed by atoms with E-state index < -0.39 is 5.97 Å². The van der Waals surface area contributed by atoms with Crippen molar-refractivity contribution in [1.82, 2.24) is 9.55 Å². The molecule has 6 nitrogen and oxygen atoms in total. The van der Waals surface area contributed by atoms with E-state index in [0.29, 0.717) is 24.7 Å². The summed E-state index contributed by atoms with van der Waals surface area (Å²) in [5.74, 6) is 0.327. The van der Waals surface area contributed by atoms with Gasteiger partial charge in [0.05, 0.1) is 18.9 Å². The van der Waals surface area contributed by atoms with Gasteiger partial charge in [-0.3, -0.25) is 0 Å². The average Bonchev–Trinajstić information content (AvgIpc) is 2.78. The molecule has 1 aromatic carbocycles. The van der Waals surface area contributed by atoms with Gasteiger partial charge in [-0.1, -0.05) is 0 Å². The Morgan fingerprint density at radius 2 is 2.05 bits per heavy atom. The van der Waals surface area contributed by atoms with Crippen molar-refractivity contribution in [3.8, 4) is 17.2 Å². The second-order valence-electron chi connectivity index (χ2n) is 4.15. The fraction of sp³-hybridized carbons (Fsp3) is 0.231. The quantitative estimate of drug-likeness (QED) is 0.890. The number of benzene rings is 1. The average molecular weight is 260 g/mol. The fourth-order valence-corrected chi connectivity index (χ4v) is 1.89. The first-order valence-corrected chi connectivity index (χ1v) is 5.91. The van der Waals surface area contributed by atoms with Crippen LogP contribution in [0.25, 0.3) is 5.69 Å². The van der Waals surface area contributed by atoms with Crippen molar-refractivity contribution in [3.05, 3.63) is 36.4 Å². The van der Waals surface area contributed by atoms with Gasteiger partial charge in [-0.05, 0) is 12.1 Å². The van der Waals surface area contributed by atoms with Gasteiger partial charge in [0.1, 0.15) is 6.33 Å². The summed E-state index contributed by atoms with van der Waals surface area (Å²) in [6, 6.07) is 5.46. The van der Waals surface area contributed by atoms with Crippen LogP contribution in [-0.4, -0.2) is 33.8 Å². The summed E-state index contributed by atoms with van der Waals surface area (Å²) in [7, 11) is 0. The van der Waals surface area contributed by atoms with Crippen LogP contribution in [0.5, 0.6) is 11.5 Å². The van der Waals surface area contributed by atoms with Crippen LogP contribution in [0.4, 0.5) is 0 Å². The van der Waals surface area contributed by atoms with E-state index in [4.69, 9.17) is 14.6 Å². The third-order valence-electron chi connectivity index (χ3n) is 2.83. The summed E-state index contributed by atoms with van der Waals surface area (Å²) in [5, 5.41) is 8.85. The van der Waals surface area contributed by atoms with Gasteiger partial charge in [0.15, 0.2) is 17.2 Å². The Balaban J connectivity index is 1.96. The summed E-state index contributed by atoms with van der Waals surface area (Å²) < 4.78 is 12.8. The molecule has 1 aliphatic heterocycles. The molecule has 19 heavy (non-hydrogen) atoms. The highest BCUT2D eigenvalue weighted by Crippen LogP contribution is 2.31. The van der Waals surface area contributed by atoms with Crippen molar-refractivity contribution >= 4 is 5.97 Å². The SMILES string of the molecule is O=C(O)c1cn(-c2ccc3c(c2)OCCCO3)cn1. The van der Waals surface area contributed by atoms with E-state index in [-0.39, 0.29) is 5.69 Å². The van der Waals surface area contributed by atoms with Crippen LogP contribution in [0, 0.1) is 0 Å². The summed E-state index contributed by atoms with van der Waals surface area (Å²) >= 11 is 0. The third kappa shape index (κ3) is 2.24. The van der Waals surface area contributed by atoms with Crippen LogP contribution in [0.15, 0.2) is 30.7 Å². The lowest BCUT2D eigenvalue weighted by atomic mass is 10.2. The second-order valence-corrected chi connectivity index (χ2v) is 4.15. The molecular formula is C13H12N2O4. The number of aromatic nitrogens is 2. The van der Waals surface area contributed by atoms with E-state index in [1.165, 1.54) is 12.5 Å². The predicted octanol–water partition coefficient (Wildman–Crippen LogP) is 1.73. The van der Waals surface area contributed by atoms with Crippen LogP contribution in [0.2, 0.25) is 0 Å². The van der Waals surface area contributed by atoms with Gasteiger partial charge in [-0.15, -0.1) is 0 Å². The van der Waals surface area contributed by atoms with Crippen LogP contribution < -0.4 is 9.47 Å². The first-order chi connectivity index (χ1) is 9.24. The Hall–Kier alpha value is -2.50. The number of ether oxygens (including phenoxy) is 2. The van der Waals surface area contributed by atoms with Crippen molar-refractivity contribution in [1.29, 1.82) is 0 Å². The highest BCUT2D eigenvalue weighted by atomic mass is 16.5. The number of rotatable bonds is 2. The molecule has 0 spiro atoms. The number of aromatic carboxylic acids is 1. The summed E-state index contributed by atoms with van der Waals surface area (Å²) in [5.41, 5.74) is 0.788. The van der Waals surface area contributed by atoms with E-state index in [0.717, 1.165) is 12.1 Å². The molecule has 2 aromatic rings. The second kappa shape index (κ2) is 4.64. The predicted molar refractivity (Wildman–Crippen MR) is 66.1 cm³/mol. The van der Waals surface area contributed by atoms with Crippen molar-refractivity contribution in [2.75, 3.05) is 13.2 Å². The lowest BCUT2D eigenvalue weighted by molar-refractivity contribution is 0.0691. The Kier molecular flexibility index (Phi) is 2.83. The molecule has 0 bridgehead atoms. The van der Waals surface area contributed by atoms with E-state index in [1.807, 2.05) is 18.2 Å². The minimum absolute atomic E-state index is 0.00658. The molecule has 1 aromatic heterocycles. The highest BCUT2D eigenvalue weighted by Gasteiger charge is 2.12. The number of imidazole rings is 1. The largest absolute Gasteiger partial charge is 0.490 e. The van der Waals surface area contributed by atoms with Gasteiger partial charge >= 0.3 is 5.97 Å². The summed E-state index contributed by atoms with van der Waals surface area (Å²) in [6.07, 6.45) is 3.77. The molecule has 0 amide bonds. The lowest BCUT2D eigenvalue weighted by Gasteiger charge is -2.09. The zero-order valence-electron chi connectivity index (χ0n) is 10.1. The third-order valence-corrected chi connectivity index (χ3v) is 2.83. The Bertz CT molecular complexity index is 621. The first kappa shape index (κ1) is 11.6. The minimum atomic E-state index is -1.05. The van der Waals surface area contributed by atoms with Crippen LogP contribution >= 0.6 is 0 Å². The Morgan fingerprint density at radius 3 is 2.79 bits per heavy atom. The van der Waals surface area contributed by atoms with Crippen molar-refractivity contribution in [2.24, 2.45) is 0 Å².